The topological polar surface area (TPSA) is 22.3 Å². The molecule has 0 amide bonds. The molecule has 0 atom stereocenters. The van der Waals surface area contributed by atoms with E-state index in [-0.39, 0.29) is 0 Å². The van der Waals surface area contributed by atoms with Crippen LogP contribution in [0.15, 0.2) is 12.3 Å². The molecule has 0 rings (SSSR count). The van der Waals surface area contributed by atoms with Crippen molar-refractivity contribution in [3.05, 3.63) is 12.3 Å². The highest BCUT2D eigenvalue weighted by Gasteiger charge is 1.79. The van der Waals surface area contributed by atoms with Crippen molar-refractivity contribution in [3.8, 4) is 0 Å². The Morgan fingerprint density at radius 3 is 2.62 bits per heavy atom. The molecule has 46 valence electrons. The van der Waals surface area contributed by atoms with Crippen LogP contribution < -0.4 is 5.73 Å². The van der Waals surface area contributed by atoms with Crippen molar-refractivity contribution in [1.82, 2.24) is 5.73 Å². The van der Waals surface area contributed by atoms with Crippen molar-refractivity contribution in [2.24, 2.45) is 0 Å². The minimum Gasteiger partial charge on any atom is -0.160 e. The van der Waals surface area contributed by atoms with Crippen LogP contribution in [0.25, 0.3) is 0 Å². The maximum Gasteiger partial charge on any atom is 0.0455 e. The van der Waals surface area contributed by atoms with Crippen LogP contribution in [0.2, 0.25) is 0 Å². The number of hydrogen-bond donors (Lipinski definition) is 0. The first kappa shape index (κ1) is 7.54. The van der Waals surface area contributed by atoms with Gasteiger partial charge in [-0.2, -0.15) is 5.73 Å². The zero-order chi connectivity index (χ0) is 6.24. The van der Waals surface area contributed by atoms with Gasteiger partial charge in [0, 0.05) is 6.20 Å². The Kier molecular flexibility index (Phi) is 6.16. The van der Waals surface area contributed by atoms with Gasteiger partial charge in [0.05, 0.1) is 0 Å². The summed E-state index contributed by atoms with van der Waals surface area (Å²) in [4.78, 5) is 0. The van der Waals surface area contributed by atoms with Crippen LogP contribution in [0.4, 0.5) is 0 Å². The van der Waals surface area contributed by atoms with Gasteiger partial charge in [0.15, 0.2) is 0 Å². The standard InChI is InChI=1S/C7H13N/c1-2-3-4-5-6-7-8/h6-7H,2-5H2,1H3. The van der Waals surface area contributed by atoms with E-state index in [1.807, 2.05) is 0 Å². The molecule has 0 heterocycles. The fourth-order valence-corrected chi connectivity index (χ4v) is 0.587. The Labute approximate surface area is 51.6 Å². The fourth-order valence-electron chi connectivity index (χ4n) is 0.587. The van der Waals surface area contributed by atoms with Crippen LogP contribution >= 0.6 is 0 Å². The van der Waals surface area contributed by atoms with E-state index in [2.05, 4.69) is 6.92 Å². The number of rotatable bonds is 4. The molecule has 0 aromatic heterocycles. The molecule has 2 radical (unpaired) electrons. The Morgan fingerprint density at radius 2 is 2.12 bits per heavy atom. The summed E-state index contributed by atoms with van der Waals surface area (Å²) in [5, 5.41) is 0. The van der Waals surface area contributed by atoms with Crippen LogP contribution in [-0.4, -0.2) is 0 Å². The molecular weight excluding hydrogens is 98.1 g/mol. The SMILES string of the molecule is CCCCCC=C[N]. The second-order valence-corrected chi connectivity index (χ2v) is 1.88. The van der Waals surface area contributed by atoms with E-state index in [9.17, 15) is 0 Å². The van der Waals surface area contributed by atoms with E-state index < -0.39 is 0 Å². The lowest BCUT2D eigenvalue weighted by molar-refractivity contribution is 0.728. The van der Waals surface area contributed by atoms with E-state index in [1.165, 1.54) is 19.3 Å². The quantitative estimate of drug-likeness (QED) is 0.496. The van der Waals surface area contributed by atoms with Crippen molar-refractivity contribution in [2.75, 3.05) is 0 Å². The van der Waals surface area contributed by atoms with Gasteiger partial charge in [0.1, 0.15) is 0 Å². The van der Waals surface area contributed by atoms with Gasteiger partial charge in [-0.25, -0.2) is 0 Å². The smallest absolute Gasteiger partial charge is 0.0455 e. The van der Waals surface area contributed by atoms with Crippen molar-refractivity contribution in [2.45, 2.75) is 32.6 Å². The molecule has 0 saturated heterocycles. The lowest BCUT2D eigenvalue weighted by Crippen LogP contribution is -1.69. The molecule has 8 heavy (non-hydrogen) atoms. The van der Waals surface area contributed by atoms with Gasteiger partial charge < -0.3 is 0 Å². The van der Waals surface area contributed by atoms with Crippen molar-refractivity contribution >= 4 is 0 Å². The number of unbranched alkanes of at least 4 members (excludes halogenated alkanes) is 3. The van der Waals surface area contributed by atoms with Gasteiger partial charge in [-0.1, -0.05) is 25.8 Å². The third kappa shape index (κ3) is 5.54. The number of allylic oxidation sites excluding steroid dienone is 1. The first-order valence-corrected chi connectivity index (χ1v) is 3.21. The zero-order valence-corrected chi connectivity index (χ0v) is 5.43. The predicted molar refractivity (Wildman–Crippen MR) is 35.4 cm³/mol. The normalized spacial score (nSPS) is 10.6. The van der Waals surface area contributed by atoms with Gasteiger partial charge in [0.25, 0.3) is 0 Å². The second-order valence-electron chi connectivity index (χ2n) is 1.88. The summed E-state index contributed by atoms with van der Waals surface area (Å²) in [6.07, 6.45) is 7.65. The molecule has 0 aromatic rings. The van der Waals surface area contributed by atoms with Crippen molar-refractivity contribution in [1.29, 1.82) is 0 Å². The third-order valence-electron chi connectivity index (χ3n) is 1.08. The molecule has 0 saturated carbocycles. The first-order chi connectivity index (χ1) is 3.91. The molecule has 0 spiro atoms. The van der Waals surface area contributed by atoms with Gasteiger partial charge in [-0.05, 0) is 12.8 Å². The molecule has 0 bridgehead atoms. The highest BCUT2D eigenvalue weighted by molar-refractivity contribution is 4.73. The average molecular weight is 111 g/mol. The van der Waals surface area contributed by atoms with Crippen LogP contribution in [0, 0.1) is 0 Å². The molecule has 0 aliphatic heterocycles. The lowest BCUT2D eigenvalue weighted by Gasteiger charge is -1.88. The van der Waals surface area contributed by atoms with Crippen molar-refractivity contribution in [3.63, 3.8) is 0 Å². The Balaban J connectivity index is 2.72. The summed E-state index contributed by atoms with van der Waals surface area (Å²) in [5.41, 5.74) is 8.19. The third-order valence-corrected chi connectivity index (χ3v) is 1.08. The summed E-state index contributed by atoms with van der Waals surface area (Å²) in [6, 6.07) is 0. The maximum atomic E-state index is 8.19. The zero-order valence-electron chi connectivity index (χ0n) is 5.43. The van der Waals surface area contributed by atoms with Crippen LogP contribution in [0.5, 0.6) is 0 Å². The summed E-state index contributed by atoms with van der Waals surface area (Å²) in [7, 11) is 0. The monoisotopic (exact) mass is 111 g/mol. The van der Waals surface area contributed by atoms with Gasteiger partial charge >= 0.3 is 0 Å². The Hall–Kier alpha value is -0.460. The second kappa shape index (κ2) is 6.54. The van der Waals surface area contributed by atoms with E-state index in [1.54, 1.807) is 6.08 Å². The van der Waals surface area contributed by atoms with Crippen LogP contribution in [-0.2, 0) is 0 Å². The van der Waals surface area contributed by atoms with Crippen molar-refractivity contribution < 1.29 is 0 Å². The molecule has 0 aliphatic rings. The van der Waals surface area contributed by atoms with Gasteiger partial charge in [0.2, 0.25) is 0 Å². The Morgan fingerprint density at radius 1 is 1.38 bits per heavy atom. The number of hydrogen-bond acceptors (Lipinski definition) is 0. The van der Waals surface area contributed by atoms with E-state index in [0.29, 0.717) is 0 Å². The van der Waals surface area contributed by atoms with E-state index >= 15 is 0 Å². The van der Waals surface area contributed by atoms with Crippen LogP contribution in [0.1, 0.15) is 32.6 Å². The molecule has 0 unspecified atom stereocenters. The molecule has 0 fully saturated rings. The van der Waals surface area contributed by atoms with Crippen LogP contribution in [0.3, 0.4) is 0 Å². The average Bonchev–Trinajstić information content (AvgIpc) is 1.81. The summed E-state index contributed by atoms with van der Waals surface area (Å²) < 4.78 is 0. The summed E-state index contributed by atoms with van der Waals surface area (Å²) in [6.45, 7) is 2.17. The highest BCUT2D eigenvalue weighted by atomic mass is 14.5. The minimum absolute atomic E-state index is 1.02. The number of nitrogens with zero attached hydrogens (tertiary/aromatic N) is 1. The predicted octanol–water partition coefficient (Wildman–Crippen LogP) is 2.15. The summed E-state index contributed by atoms with van der Waals surface area (Å²) >= 11 is 0. The fraction of sp³-hybridized carbons (Fsp3) is 0.714. The van der Waals surface area contributed by atoms with E-state index in [0.717, 1.165) is 12.6 Å². The van der Waals surface area contributed by atoms with Gasteiger partial charge in [-0.15, -0.1) is 0 Å². The lowest BCUT2D eigenvalue weighted by atomic mass is 10.2. The summed E-state index contributed by atoms with van der Waals surface area (Å²) in [5.74, 6) is 0. The van der Waals surface area contributed by atoms with Gasteiger partial charge in [-0.3, -0.25) is 0 Å². The highest BCUT2D eigenvalue weighted by Crippen LogP contribution is 1.98. The van der Waals surface area contributed by atoms with E-state index in [4.69, 9.17) is 5.73 Å². The molecule has 0 aromatic carbocycles. The minimum atomic E-state index is 1.02. The maximum absolute atomic E-state index is 8.19. The molecule has 1 heteroatoms. The largest absolute Gasteiger partial charge is 0.160 e. The first-order valence-electron chi connectivity index (χ1n) is 3.21. The molecule has 1 nitrogen and oxygen atoms in total. The molecule has 0 N–H and O–H groups in total. The molecular formula is C7H13N. The Bertz CT molecular complexity index is 57.4. The molecule has 0 aliphatic carbocycles.